The fourth-order valence-corrected chi connectivity index (χ4v) is 12.6. The van der Waals surface area contributed by atoms with E-state index in [1.54, 1.807) is 18.7 Å². The number of aliphatic hydroxyl groups is 1. The van der Waals surface area contributed by atoms with Crippen LogP contribution in [0.1, 0.15) is 119 Å². The van der Waals surface area contributed by atoms with Gasteiger partial charge in [-0.2, -0.15) is 0 Å². The van der Waals surface area contributed by atoms with Gasteiger partial charge in [0.1, 0.15) is 0 Å². The molecule has 3 saturated heterocycles. The molecule has 1 N–H and O–H groups in total. The summed E-state index contributed by atoms with van der Waals surface area (Å²) >= 11 is 0. The zero-order chi connectivity index (χ0) is 39.1. The normalized spacial score (nSPS) is 43.9. The SMILES string of the molecule is CC(=O)O[C@@H]1[C@@H](OC(C)=O)[C@@H](OC(C)=O)C(n2cc(CN3C[C@@H](C)C[C@H]4O[C@]5(CC[C@@H]6C(=C5C)C[C@H]5[C@H]6CC=C6C[C@@H](O)CC[C@@]65C)[C@H](C)[C@@H]43)nn2)O[C@H]1C. The monoisotopic (exact) mass is 764 g/mol. The van der Waals surface area contributed by atoms with Crippen molar-refractivity contribution in [1.29, 1.82) is 0 Å². The summed E-state index contributed by atoms with van der Waals surface area (Å²) in [6, 6.07) is 0.209. The lowest BCUT2D eigenvalue weighted by Crippen LogP contribution is -2.58. The van der Waals surface area contributed by atoms with E-state index in [4.69, 9.17) is 23.7 Å². The molecule has 0 aromatic carbocycles. The van der Waals surface area contributed by atoms with Crippen LogP contribution in [0.15, 0.2) is 29.0 Å². The van der Waals surface area contributed by atoms with E-state index in [9.17, 15) is 19.5 Å². The highest BCUT2D eigenvalue weighted by Crippen LogP contribution is 2.65. The van der Waals surface area contributed by atoms with Gasteiger partial charge in [0.15, 0.2) is 24.5 Å². The molecule has 1 unspecified atom stereocenters. The van der Waals surface area contributed by atoms with Crippen LogP contribution in [0, 0.1) is 35.0 Å². The standard InChI is InChI=1S/C42H60N4O9/c1-21-15-35-36(23(3)42(55-35)14-12-31-32-10-9-28-16-30(50)11-13-41(28,8)34(32)17-33(31)22(42)2)45(18-21)19-29-20-46(44-43-29)40-39(54-27(7)49)38(53-26(6)48)37(24(4)51-40)52-25(5)47/h9,20-21,23-24,30-32,34-40,50H,10-19H2,1-8H3/t21-,23+,24-,30-,31-,32-,34-,35+,36-,37-,38+,39+,40?,41-,42-/m0/s1. The van der Waals surface area contributed by atoms with E-state index in [1.807, 2.05) is 0 Å². The smallest absolute Gasteiger partial charge is 0.303 e. The van der Waals surface area contributed by atoms with E-state index in [-0.39, 0.29) is 35.2 Å². The number of esters is 3. The largest absolute Gasteiger partial charge is 0.456 e. The van der Waals surface area contributed by atoms with Crippen LogP contribution in [0.2, 0.25) is 0 Å². The van der Waals surface area contributed by atoms with Crippen LogP contribution < -0.4 is 0 Å². The third-order valence-corrected chi connectivity index (χ3v) is 14.9. The molecule has 3 aliphatic heterocycles. The maximum Gasteiger partial charge on any atom is 0.303 e. The molecule has 0 bridgehead atoms. The minimum Gasteiger partial charge on any atom is -0.456 e. The molecule has 1 aromatic heterocycles. The quantitative estimate of drug-likeness (QED) is 0.230. The van der Waals surface area contributed by atoms with Crippen molar-refractivity contribution in [2.24, 2.45) is 35.0 Å². The molecule has 5 fully saturated rings. The molecular formula is C42H60N4O9. The van der Waals surface area contributed by atoms with Crippen LogP contribution in [0.4, 0.5) is 0 Å². The number of allylic oxidation sites excluding steroid dienone is 2. The number of likely N-dealkylation sites (tertiary alicyclic amines) is 1. The zero-order valence-corrected chi connectivity index (χ0v) is 33.7. The molecule has 2 saturated carbocycles. The maximum absolute atomic E-state index is 12.3. The number of hydrogen-bond donors (Lipinski definition) is 1. The number of nitrogens with zero attached hydrogens (tertiary/aromatic N) is 4. The first kappa shape index (κ1) is 38.7. The van der Waals surface area contributed by atoms with Gasteiger partial charge in [-0.05, 0) is 99.9 Å². The lowest BCUT2D eigenvalue weighted by molar-refractivity contribution is -0.261. The number of piperidine rings is 1. The van der Waals surface area contributed by atoms with Gasteiger partial charge >= 0.3 is 17.9 Å². The summed E-state index contributed by atoms with van der Waals surface area (Å²) in [4.78, 5) is 39.1. The molecule has 4 heterocycles. The summed E-state index contributed by atoms with van der Waals surface area (Å²) in [7, 11) is 0. The molecule has 0 radical (unpaired) electrons. The minimum absolute atomic E-state index is 0.105. The van der Waals surface area contributed by atoms with Gasteiger partial charge < -0.3 is 28.8 Å². The summed E-state index contributed by atoms with van der Waals surface area (Å²) in [6.45, 7) is 16.5. The Kier molecular flexibility index (Phi) is 10.1. The van der Waals surface area contributed by atoms with Crippen molar-refractivity contribution in [1.82, 2.24) is 19.9 Å². The van der Waals surface area contributed by atoms with Gasteiger partial charge in [-0.15, -0.1) is 5.10 Å². The van der Waals surface area contributed by atoms with E-state index in [0.29, 0.717) is 30.2 Å². The van der Waals surface area contributed by atoms with Crippen molar-refractivity contribution in [2.75, 3.05) is 6.54 Å². The molecule has 15 atom stereocenters. The van der Waals surface area contributed by atoms with Crippen LogP contribution in [0.3, 0.4) is 0 Å². The number of fused-ring (bicyclic) bond motifs is 6. The van der Waals surface area contributed by atoms with Crippen molar-refractivity contribution in [3.63, 3.8) is 0 Å². The molecule has 302 valence electrons. The molecule has 0 amide bonds. The van der Waals surface area contributed by atoms with Gasteiger partial charge in [0.25, 0.3) is 0 Å². The van der Waals surface area contributed by atoms with Crippen molar-refractivity contribution >= 4 is 17.9 Å². The third kappa shape index (κ3) is 6.58. The topological polar surface area (TPSA) is 152 Å². The van der Waals surface area contributed by atoms with Gasteiger partial charge in [0.2, 0.25) is 0 Å². The fourth-order valence-electron chi connectivity index (χ4n) is 12.6. The average molecular weight is 765 g/mol. The first-order valence-electron chi connectivity index (χ1n) is 20.7. The Morgan fingerprint density at radius 2 is 1.69 bits per heavy atom. The van der Waals surface area contributed by atoms with E-state index < -0.39 is 48.6 Å². The van der Waals surface area contributed by atoms with Crippen LogP contribution >= 0.6 is 0 Å². The molecule has 8 rings (SSSR count). The van der Waals surface area contributed by atoms with E-state index in [2.05, 4.69) is 49.0 Å². The van der Waals surface area contributed by atoms with Crippen molar-refractivity contribution in [3.8, 4) is 0 Å². The molecule has 55 heavy (non-hydrogen) atoms. The van der Waals surface area contributed by atoms with Crippen LogP contribution in [-0.4, -0.2) is 97.7 Å². The first-order valence-corrected chi connectivity index (χ1v) is 20.7. The first-order chi connectivity index (χ1) is 26.1. The van der Waals surface area contributed by atoms with Crippen molar-refractivity contribution < 1.29 is 43.2 Å². The Hall–Kier alpha value is -3.13. The predicted octanol–water partition coefficient (Wildman–Crippen LogP) is 5.22. The summed E-state index contributed by atoms with van der Waals surface area (Å²) in [5.74, 6) is 0.853. The van der Waals surface area contributed by atoms with E-state index in [0.717, 1.165) is 57.2 Å². The van der Waals surface area contributed by atoms with Crippen molar-refractivity contribution in [3.05, 3.63) is 34.7 Å². The summed E-state index contributed by atoms with van der Waals surface area (Å²) in [5.41, 5.74) is 5.26. The number of rotatable bonds is 6. The Morgan fingerprint density at radius 1 is 0.982 bits per heavy atom. The lowest BCUT2D eigenvalue weighted by Gasteiger charge is -2.49. The minimum atomic E-state index is -1.14. The van der Waals surface area contributed by atoms with Gasteiger partial charge in [0.05, 0.1) is 35.8 Å². The van der Waals surface area contributed by atoms with Crippen LogP contribution in [-0.2, 0) is 44.6 Å². The van der Waals surface area contributed by atoms with Gasteiger partial charge in [-0.1, -0.05) is 43.2 Å². The molecular weight excluding hydrogens is 704 g/mol. The molecule has 1 spiro atoms. The molecule has 1 aromatic rings. The number of aliphatic hydroxyl groups excluding tert-OH is 1. The molecule has 13 nitrogen and oxygen atoms in total. The number of ether oxygens (including phenoxy) is 5. The third-order valence-electron chi connectivity index (χ3n) is 14.9. The number of carbonyl (C=O) groups excluding carboxylic acids is 3. The number of hydrogen-bond acceptors (Lipinski definition) is 12. The van der Waals surface area contributed by atoms with E-state index in [1.165, 1.54) is 43.0 Å². The number of carbonyl (C=O) groups is 3. The van der Waals surface area contributed by atoms with Crippen LogP contribution in [0.5, 0.6) is 0 Å². The Morgan fingerprint density at radius 3 is 2.42 bits per heavy atom. The zero-order valence-electron chi connectivity index (χ0n) is 33.7. The highest BCUT2D eigenvalue weighted by atomic mass is 16.7. The summed E-state index contributed by atoms with van der Waals surface area (Å²) in [5, 5.41) is 19.5. The van der Waals surface area contributed by atoms with Crippen molar-refractivity contribution in [2.45, 2.75) is 168 Å². The Labute approximate surface area is 324 Å². The van der Waals surface area contributed by atoms with Gasteiger partial charge in [0, 0.05) is 45.8 Å². The van der Waals surface area contributed by atoms with Gasteiger partial charge in [-0.3, -0.25) is 19.3 Å². The molecule has 4 aliphatic carbocycles. The predicted molar refractivity (Wildman–Crippen MR) is 199 cm³/mol. The van der Waals surface area contributed by atoms with E-state index >= 15 is 0 Å². The average Bonchev–Trinajstić information content (AvgIpc) is 3.81. The second-order valence-corrected chi connectivity index (χ2v) is 18.3. The highest BCUT2D eigenvalue weighted by Gasteiger charge is 2.62. The second-order valence-electron chi connectivity index (χ2n) is 18.3. The molecule has 7 aliphatic rings. The fraction of sp³-hybridized carbons (Fsp3) is 0.786. The Balaban J connectivity index is 1.03. The van der Waals surface area contributed by atoms with Gasteiger partial charge in [-0.25, -0.2) is 4.68 Å². The molecule has 13 heteroatoms. The maximum atomic E-state index is 12.3. The summed E-state index contributed by atoms with van der Waals surface area (Å²) in [6.07, 6.45) is 7.61. The summed E-state index contributed by atoms with van der Waals surface area (Å²) < 4.78 is 32.0. The van der Waals surface area contributed by atoms with Crippen LogP contribution in [0.25, 0.3) is 0 Å². The second kappa shape index (κ2) is 14.4. The lowest BCUT2D eigenvalue weighted by atomic mass is 9.56. The Bertz CT molecular complexity index is 1760. The highest BCUT2D eigenvalue weighted by molar-refractivity contribution is 5.68. The number of aromatic nitrogens is 3.